The third-order valence-electron chi connectivity index (χ3n) is 3.35. The molecule has 7 nitrogen and oxygen atoms in total. The molecule has 20 heavy (non-hydrogen) atoms. The van der Waals surface area contributed by atoms with Crippen LogP contribution in [0.25, 0.3) is 0 Å². The van der Waals surface area contributed by atoms with Gasteiger partial charge in [0.05, 0.1) is 6.10 Å². The molecule has 0 saturated carbocycles. The van der Waals surface area contributed by atoms with Crippen LogP contribution in [0.5, 0.6) is 0 Å². The Labute approximate surface area is 120 Å². The summed E-state index contributed by atoms with van der Waals surface area (Å²) in [4.78, 5) is 17.3. The molecule has 2 rings (SSSR count). The molecule has 1 N–H and O–H groups in total. The molecule has 1 aliphatic rings. The third kappa shape index (κ3) is 3.47. The summed E-state index contributed by atoms with van der Waals surface area (Å²) in [5.41, 5.74) is 0. The van der Waals surface area contributed by atoms with Gasteiger partial charge in [-0.2, -0.15) is 15.0 Å². The summed E-state index contributed by atoms with van der Waals surface area (Å²) in [6.45, 7) is 4.65. The van der Waals surface area contributed by atoms with Crippen molar-refractivity contribution in [3.8, 4) is 0 Å². The number of hydrogen-bond donors (Lipinski definition) is 1. The second-order valence-corrected chi connectivity index (χ2v) is 5.08. The molecule has 0 bridgehead atoms. The van der Waals surface area contributed by atoms with Crippen molar-refractivity contribution < 1.29 is 4.74 Å². The third-order valence-corrected chi connectivity index (χ3v) is 3.35. The molecular formula is C13H24N6O. The van der Waals surface area contributed by atoms with E-state index >= 15 is 0 Å². The Bertz CT molecular complexity index is 433. The van der Waals surface area contributed by atoms with Crippen molar-refractivity contribution in [1.82, 2.24) is 15.0 Å². The first kappa shape index (κ1) is 14.8. The molecule has 112 valence electrons. The minimum atomic E-state index is 0.285. The highest BCUT2D eigenvalue weighted by Gasteiger charge is 2.21. The summed E-state index contributed by atoms with van der Waals surface area (Å²) in [6.07, 6.45) is 2.54. The first-order valence-corrected chi connectivity index (χ1v) is 7.11. The van der Waals surface area contributed by atoms with Gasteiger partial charge < -0.3 is 19.9 Å². The molecule has 1 aromatic rings. The Kier molecular flexibility index (Phi) is 4.94. The predicted molar refractivity (Wildman–Crippen MR) is 80.6 cm³/mol. The minimum absolute atomic E-state index is 0.285. The topological polar surface area (TPSA) is 66.4 Å². The number of likely N-dealkylation sites (N-methyl/N-ethyl adjacent to an activating group) is 1. The molecule has 1 unspecified atom stereocenters. The maximum absolute atomic E-state index is 5.70. The molecule has 2 heterocycles. The van der Waals surface area contributed by atoms with Crippen LogP contribution < -0.4 is 15.1 Å². The van der Waals surface area contributed by atoms with Crippen LogP contribution in [0.1, 0.15) is 19.8 Å². The molecule has 0 aliphatic carbocycles. The molecule has 7 heteroatoms. The molecule has 0 aromatic carbocycles. The monoisotopic (exact) mass is 280 g/mol. The van der Waals surface area contributed by atoms with Crippen molar-refractivity contribution in [3.05, 3.63) is 0 Å². The summed E-state index contributed by atoms with van der Waals surface area (Å²) in [7, 11) is 5.67. The zero-order chi connectivity index (χ0) is 14.5. The molecule has 1 fully saturated rings. The summed E-state index contributed by atoms with van der Waals surface area (Å²) >= 11 is 0. The van der Waals surface area contributed by atoms with E-state index in [4.69, 9.17) is 4.74 Å². The van der Waals surface area contributed by atoms with Gasteiger partial charge in [-0.05, 0) is 19.8 Å². The van der Waals surface area contributed by atoms with Crippen molar-refractivity contribution in [2.75, 3.05) is 56.0 Å². The van der Waals surface area contributed by atoms with Gasteiger partial charge in [-0.25, -0.2) is 0 Å². The van der Waals surface area contributed by atoms with E-state index in [1.54, 1.807) is 0 Å². The van der Waals surface area contributed by atoms with Crippen molar-refractivity contribution in [3.63, 3.8) is 0 Å². The van der Waals surface area contributed by atoms with Gasteiger partial charge in [0, 0.05) is 40.8 Å². The fourth-order valence-corrected chi connectivity index (χ4v) is 2.19. The van der Waals surface area contributed by atoms with E-state index in [0.717, 1.165) is 32.5 Å². The minimum Gasteiger partial charge on any atom is -0.376 e. The van der Waals surface area contributed by atoms with Gasteiger partial charge in [-0.3, -0.25) is 0 Å². The van der Waals surface area contributed by atoms with E-state index in [2.05, 4.69) is 32.1 Å². The zero-order valence-corrected chi connectivity index (χ0v) is 12.8. The van der Waals surface area contributed by atoms with Gasteiger partial charge in [-0.1, -0.05) is 0 Å². The van der Waals surface area contributed by atoms with Crippen LogP contribution >= 0.6 is 0 Å². The number of aromatic nitrogens is 3. The number of anilines is 3. The van der Waals surface area contributed by atoms with E-state index in [1.807, 2.05) is 26.0 Å². The molecule has 0 radical (unpaired) electrons. The highest BCUT2D eigenvalue weighted by molar-refractivity contribution is 5.44. The quantitative estimate of drug-likeness (QED) is 0.833. The zero-order valence-electron chi connectivity index (χ0n) is 12.8. The number of nitrogens with one attached hydrogen (secondary N) is 1. The Hall–Kier alpha value is -1.63. The molecule has 1 saturated heterocycles. The highest BCUT2D eigenvalue weighted by Crippen LogP contribution is 2.18. The number of hydrogen-bond acceptors (Lipinski definition) is 7. The second kappa shape index (κ2) is 6.69. The summed E-state index contributed by atoms with van der Waals surface area (Å²) in [6, 6.07) is 0. The SMILES string of the molecule is CCN(CC1CCCO1)c1nc(NC)nc(N(C)C)n1. The van der Waals surface area contributed by atoms with Crippen LogP contribution in [-0.4, -0.2) is 61.9 Å². The van der Waals surface area contributed by atoms with Crippen LogP contribution in [0, 0.1) is 0 Å². The van der Waals surface area contributed by atoms with Gasteiger partial charge in [0.2, 0.25) is 17.8 Å². The smallest absolute Gasteiger partial charge is 0.232 e. The molecule has 0 spiro atoms. The van der Waals surface area contributed by atoms with E-state index in [9.17, 15) is 0 Å². The molecule has 1 aliphatic heterocycles. The maximum atomic E-state index is 5.70. The second-order valence-electron chi connectivity index (χ2n) is 5.08. The van der Waals surface area contributed by atoms with Gasteiger partial charge in [0.1, 0.15) is 0 Å². The van der Waals surface area contributed by atoms with Crippen molar-refractivity contribution in [2.24, 2.45) is 0 Å². The van der Waals surface area contributed by atoms with Gasteiger partial charge in [0.15, 0.2) is 0 Å². The Balaban J connectivity index is 2.20. The molecular weight excluding hydrogens is 256 g/mol. The molecule has 1 aromatic heterocycles. The maximum Gasteiger partial charge on any atom is 0.232 e. The van der Waals surface area contributed by atoms with Gasteiger partial charge in [0.25, 0.3) is 0 Å². The van der Waals surface area contributed by atoms with E-state index < -0.39 is 0 Å². The normalized spacial score (nSPS) is 18.1. The van der Waals surface area contributed by atoms with Crippen LogP contribution in [0.3, 0.4) is 0 Å². The van der Waals surface area contributed by atoms with Crippen LogP contribution in [-0.2, 0) is 4.74 Å². The Morgan fingerprint density at radius 2 is 2.00 bits per heavy atom. The lowest BCUT2D eigenvalue weighted by Gasteiger charge is -2.25. The number of nitrogens with zero attached hydrogens (tertiary/aromatic N) is 5. The van der Waals surface area contributed by atoms with Gasteiger partial charge >= 0.3 is 0 Å². The average Bonchev–Trinajstić information content (AvgIpc) is 2.97. The van der Waals surface area contributed by atoms with E-state index in [1.165, 1.54) is 0 Å². The molecule has 1 atom stereocenters. The highest BCUT2D eigenvalue weighted by atomic mass is 16.5. The number of ether oxygens (including phenoxy) is 1. The average molecular weight is 280 g/mol. The van der Waals surface area contributed by atoms with Crippen LogP contribution in [0.15, 0.2) is 0 Å². The first-order chi connectivity index (χ1) is 9.63. The van der Waals surface area contributed by atoms with Crippen LogP contribution in [0.4, 0.5) is 17.8 Å². The number of rotatable bonds is 6. The summed E-state index contributed by atoms with van der Waals surface area (Å²) in [5.74, 6) is 1.95. The first-order valence-electron chi connectivity index (χ1n) is 7.11. The van der Waals surface area contributed by atoms with Crippen molar-refractivity contribution in [2.45, 2.75) is 25.9 Å². The Morgan fingerprint density at radius 1 is 1.25 bits per heavy atom. The standard InChI is InChI=1S/C13H24N6O/c1-5-19(9-10-7-6-8-20-10)13-16-11(14-2)15-12(17-13)18(3)4/h10H,5-9H2,1-4H3,(H,14,15,16,17). The summed E-state index contributed by atoms with van der Waals surface area (Å²) in [5, 5.41) is 2.99. The molecule has 0 amide bonds. The van der Waals surface area contributed by atoms with Gasteiger partial charge in [-0.15, -0.1) is 0 Å². The predicted octanol–water partition coefficient (Wildman–Crippen LogP) is 0.985. The Morgan fingerprint density at radius 3 is 2.55 bits per heavy atom. The lowest BCUT2D eigenvalue weighted by atomic mass is 10.2. The van der Waals surface area contributed by atoms with E-state index in [0.29, 0.717) is 17.8 Å². The van der Waals surface area contributed by atoms with Crippen molar-refractivity contribution >= 4 is 17.8 Å². The lowest BCUT2D eigenvalue weighted by Crippen LogP contribution is -2.34. The van der Waals surface area contributed by atoms with Crippen molar-refractivity contribution in [1.29, 1.82) is 0 Å². The largest absolute Gasteiger partial charge is 0.376 e. The summed E-state index contributed by atoms with van der Waals surface area (Å²) < 4.78 is 5.70. The fraction of sp³-hybridized carbons (Fsp3) is 0.769. The van der Waals surface area contributed by atoms with E-state index in [-0.39, 0.29) is 6.10 Å². The fourth-order valence-electron chi connectivity index (χ4n) is 2.19. The van der Waals surface area contributed by atoms with Crippen LogP contribution in [0.2, 0.25) is 0 Å². The lowest BCUT2D eigenvalue weighted by molar-refractivity contribution is 0.115.